The van der Waals surface area contributed by atoms with E-state index in [2.05, 4.69) is 21.9 Å². The topological polar surface area (TPSA) is 71.3 Å². The molecule has 2 aromatic rings. The van der Waals surface area contributed by atoms with Crippen LogP contribution in [0, 0.1) is 12.8 Å². The molecule has 0 unspecified atom stereocenters. The maximum absolute atomic E-state index is 13.6. The molecule has 0 saturated carbocycles. The highest BCUT2D eigenvalue weighted by Crippen LogP contribution is 2.42. The molecule has 3 atom stereocenters. The van der Waals surface area contributed by atoms with Crippen LogP contribution in [0.5, 0.6) is 0 Å². The first-order chi connectivity index (χ1) is 13.8. The lowest BCUT2D eigenvalue weighted by molar-refractivity contribution is 0.0759. The summed E-state index contributed by atoms with van der Waals surface area (Å²) < 4.78 is 30.7. The summed E-state index contributed by atoms with van der Waals surface area (Å²) in [5.41, 5.74) is 1.54. The lowest BCUT2D eigenvalue weighted by atomic mass is 9.93. The fourth-order valence-electron chi connectivity index (χ4n) is 5.74. The molecule has 3 aliphatic rings. The summed E-state index contributed by atoms with van der Waals surface area (Å²) in [6, 6.07) is 2.53. The van der Waals surface area contributed by atoms with E-state index in [1.54, 1.807) is 10.7 Å². The van der Waals surface area contributed by atoms with Gasteiger partial charge in [0, 0.05) is 36.8 Å². The number of hydrogen-bond donors (Lipinski definition) is 0. The van der Waals surface area contributed by atoms with Crippen LogP contribution in [0.15, 0.2) is 17.2 Å². The lowest BCUT2D eigenvalue weighted by Gasteiger charge is -2.44. The third-order valence-electron chi connectivity index (χ3n) is 7.39. The van der Waals surface area contributed by atoms with E-state index in [-0.39, 0.29) is 12.1 Å². The van der Waals surface area contributed by atoms with Crippen LogP contribution in [0.4, 0.5) is 0 Å². The van der Waals surface area contributed by atoms with E-state index in [9.17, 15) is 8.42 Å². The van der Waals surface area contributed by atoms with Crippen LogP contribution in [0.3, 0.4) is 0 Å². The highest BCUT2D eigenvalue weighted by Gasteiger charge is 2.48. The number of fused-ring (bicyclic) bond motifs is 3. The number of aryl methyl sites for hydroxylation is 2. The van der Waals surface area contributed by atoms with E-state index in [1.807, 2.05) is 18.3 Å². The predicted molar refractivity (Wildman–Crippen MR) is 112 cm³/mol. The molecule has 0 aliphatic carbocycles. The molecule has 0 aromatic carbocycles. The fourth-order valence-corrected chi connectivity index (χ4v) is 7.61. The summed E-state index contributed by atoms with van der Waals surface area (Å²) in [6.07, 6.45) is 7.93. The molecule has 3 aliphatic heterocycles. The Morgan fingerprint density at radius 3 is 2.34 bits per heavy atom. The molecule has 5 heterocycles. The molecule has 29 heavy (non-hydrogen) atoms. The van der Waals surface area contributed by atoms with Crippen molar-refractivity contribution in [3.8, 4) is 0 Å². The second-order valence-electron chi connectivity index (χ2n) is 9.31. The molecule has 8 heteroatoms. The number of aromatic nitrogens is 3. The van der Waals surface area contributed by atoms with Crippen molar-refractivity contribution in [2.24, 2.45) is 13.0 Å². The van der Waals surface area contributed by atoms with Crippen LogP contribution in [-0.2, 0) is 17.1 Å². The van der Waals surface area contributed by atoms with Gasteiger partial charge in [-0.1, -0.05) is 6.92 Å². The van der Waals surface area contributed by atoms with Gasteiger partial charge in [0.2, 0.25) is 10.0 Å². The summed E-state index contributed by atoms with van der Waals surface area (Å²) in [5.74, 6) is 0.821. The molecule has 3 saturated heterocycles. The van der Waals surface area contributed by atoms with Crippen molar-refractivity contribution in [3.63, 3.8) is 0 Å². The van der Waals surface area contributed by atoms with Gasteiger partial charge in [0.25, 0.3) is 0 Å². The quantitative estimate of drug-likeness (QED) is 0.768. The van der Waals surface area contributed by atoms with Gasteiger partial charge in [-0.05, 0) is 70.5 Å². The van der Waals surface area contributed by atoms with Gasteiger partial charge >= 0.3 is 0 Å². The number of likely N-dealkylation sites (tertiary alicyclic amines) is 1. The summed E-state index contributed by atoms with van der Waals surface area (Å²) in [6.45, 7) is 6.57. The number of piperidine rings is 2. The van der Waals surface area contributed by atoms with Crippen LogP contribution < -0.4 is 0 Å². The summed E-state index contributed by atoms with van der Waals surface area (Å²) in [5, 5.41) is 5.19. The maximum Gasteiger partial charge on any atom is 0.245 e. The second kappa shape index (κ2) is 7.03. The number of nitrogens with zero attached hydrogens (tertiary/aromatic N) is 5. The van der Waals surface area contributed by atoms with Crippen LogP contribution in [0.25, 0.3) is 11.0 Å². The van der Waals surface area contributed by atoms with E-state index in [1.165, 1.54) is 32.1 Å². The van der Waals surface area contributed by atoms with Crippen molar-refractivity contribution >= 4 is 21.1 Å². The third-order valence-corrected chi connectivity index (χ3v) is 9.36. The van der Waals surface area contributed by atoms with Crippen molar-refractivity contribution in [3.05, 3.63) is 18.0 Å². The minimum atomic E-state index is -3.54. The van der Waals surface area contributed by atoms with Crippen molar-refractivity contribution in [2.45, 2.75) is 75.4 Å². The Hall–Kier alpha value is -1.51. The Labute approximate surface area is 173 Å². The number of sulfonamides is 1. The normalized spacial score (nSPS) is 29.7. The summed E-state index contributed by atoms with van der Waals surface area (Å²) in [7, 11) is -1.71. The highest BCUT2D eigenvalue weighted by molar-refractivity contribution is 7.89. The first kappa shape index (κ1) is 19.5. The lowest BCUT2D eigenvalue weighted by Crippen LogP contribution is -2.53. The van der Waals surface area contributed by atoms with Gasteiger partial charge in [-0.25, -0.2) is 13.4 Å². The minimum absolute atomic E-state index is 0.119. The molecule has 3 fully saturated rings. The molecular formula is C21H31N5O2S. The predicted octanol–water partition coefficient (Wildman–Crippen LogP) is 2.69. The van der Waals surface area contributed by atoms with Gasteiger partial charge in [-0.2, -0.15) is 9.40 Å². The summed E-state index contributed by atoms with van der Waals surface area (Å²) >= 11 is 0. The number of pyridine rings is 1. The molecule has 5 rings (SSSR count). The molecule has 2 aromatic heterocycles. The van der Waals surface area contributed by atoms with E-state index in [0.717, 1.165) is 48.3 Å². The van der Waals surface area contributed by atoms with Crippen molar-refractivity contribution in [1.82, 2.24) is 24.0 Å². The largest absolute Gasteiger partial charge is 0.300 e. The SMILES string of the molecule is Cc1nn(C)c2ncc(S(=O)(=O)N3[C@@H]4CC[C@H]3C[C@H](N3CCC(C)CC3)C4)cc12. The Bertz CT molecular complexity index is 1010. The van der Waals surface area contributed by atoms with Gasteiger partial charge < -0.3 is 4.90 Å². The smallest absolute Gasteiger partial charge is 0.245 e. The zero-order chi connectivity index (χ0) is 20.3. The molecule has 7 nitrogen and oxygen atoms in total. The van der Waals surface area contributed by atoms with Gasteiger partial charge in [0.15, 0.2) is 5.65 Å². The zero-order valence-electron chi connectivity index (χ0n) is 17.6. The Kier molecular flexibility index (Phi) is 4.71. The van der Waals surface area contributed by atoms with Crippen LogP contribution in [0.2, 0.25) is 0 Å². The minimum Gasteiger partial charge on any atom is -0.300 e. The van der Waals surface area contributed by atoms with Crippen molar-refractivity contribution in [2.75, 3.05) is 13.1 Å². The van der Waals surface area contributed by atoms with Crippen molar-refractivity contribution < 1.29 is 8.42 Å². The zero-order valence-corrected chi connectivity index (χ0v) is 18.4. The van der Waals surface area contributed by atoms with E-state index in [4.69, 9.17) is 0 Å². The molecule has 0 spiro atoms. The molecular weight excluding hydrogens is 386 g/mol. The van der Waals surface area contributed by atoms with Crippen LogP contribution >= 0.6 is 0 Å². The third kappa shape index (κ3) is 3.20. The van der Waals surface area contributed by atoms with Crippen LogP contribution in [-0.4, -0.2) is 63.6 Å². The first-order valence-corrected chi connectivity index (χ1v) is 12.4. The summed E-state index contributed by atoms with van der Waals surface area (Å²) in [4.78, 5) is 7.35. The van der Waals surface area contributed by atoms with Crippen molar-refractivity contribution in [1.29, 1.82) is 0 Å². The molecule has 158 valence electrons. The monoisotopic (exact) mass is 417 g/mol. The Morgan fingerprint density at radius 1 is 1.03 bits per heavy atom. The van der Waals surface area contributed by atoms with E-state index < -0.39 is 10.0 Å². The second-order valence-corrected chi connectivity index (χ2v) is 11.2. The van der Waals surface area contributed by atoms with E-state index in [0.29, 0.717) is 10.9 Å². The number of hydrogen-bond acceptors (Lipinski definition) is 5. The highest BCUT2D eigenvalue weighted by atomic mass is 32.2. The molecule has 0 amide bonds. The maximum atomic E-state index is 13.6. The average molecular weight is 418 g/mol. The molecule has 0 N–H and O–H groups in total. The molecule has 0 radical (unpaired) electrons. The van der Waals surface area contributed by atoms with Gasteiger partial charge in [-0.3, -0.25) is 4.68 Å². The van der Waals surface area contributed by atoms with Gasteiger partial charge in [0.1, 0.15) is 4.90 Å². The average Bonchev–Trinajstić information content (AvgIpc) is 3.15. The van der Waals surface area contributed by atoms with Gasteiger partial charge in [-0.15, -0.1) is 0 Å². The number of rotatable bonds is 3. The fraction of sp³-hybridized carbons (Fsp3) is 0.714. The first-order valence-electron chi connectivity index (χ1n) is 10.9. The standard InChI is InChI=1S/C21H31N5O2S/c1-14-6-8-25(9-7-14)18-10-16-4-5-17(11-18)26(16)29(27,28)19-12-20-15(2)23-24(3)21(20)22-13-19/h12-14,16-18H,4-11H2,1-3H3/t16-,17+,18-. The van der Waals surface area contributed by atoms with Crippen LogP contribution in [0.1, 0.15) is 51.1 Å². The van der Waals surface area contributed by atoms with E-state index >= 15 is 0 Å². The Balaban J connectivity index is 1.40. The van der Waals surface area contributed by atoms with Gasteiger partial charge in [0.05, 0.1) is 5.69 Å². The Morgan fingerprint density at radius 2 is 1.69 bits per heavy atom. The molecule has 2 bridgehead atoms.